The molecule has 5 heteroatoms. The van der Waals surface area contributed by atoms with Crippen LogP contribution in [-0.2, 0) is 4.74 Å². The Morgan fingerprint density at radius 1 is 1.15 bits per heavy atom. The lowest BCUT2D eigenvalue weighted by Gasteiger charge is -2.40. The highest BCUT2D eigenvalue weighted by Gasteiger charge is 2.34. The molecule has 1 atom stereocenters. The third-order valence-electron chi connectivity index (χ3n) is 4.61. The van der Waals surface area contributed by atoms with Crippen molar-refractivity contribution < 1.29 is 9.84 Å². The van der Waals surface area contributed by atoms with Gasteiger partial charge in [0.2, 0.25) is 0 Å². The van der Waals surface area contributed by atoms with E-state index in [4.69, 9.17) is 9.84 Å². The SMILES string of the molecule is CNCC1(CN2CCCN(CCO)CC2)CCCOC1. The molecule has 0 aromatic heterocycles. The van der Waals surface area contributed by atoms with Gasteiger partial charge >= 0.3 is 0 Å². The molecule has 1 unspecified atom stereocenters. The van der Waals surface area contributed by atoms with Gasteiger partial charge in [0.25, 0.3) is 0 Å². The molecule has 2 rings (SSSR count). The molecule has 0 amide bonds. The molecule has 5 nitrogen and oxygen atoms in total. The molecule has 0 aromatic rings. The Balaban J connectivity index is 1.86. The molecule has 0 aromatic carbocycles. The van der Waals surface area contributed by atoms with Gasteiger partial charge in [0.1, 0.15) is 0 Å². The van der Waals surface area contributed by atoms with Crippen molar-refractivity contribution >= 4 is 0 Å². The van der Waals surface area contributed by atoms with Crippen LogP contribution in [0, 0.1) is 5.41 Å². The summed E-state index contributed by atoms with van der Waals surface area (Å²) in [6, 6.07) is 0. The number of hydrogen-bond acceptors (Lipinski definition) is 5. The van der Waals surface area contributed by atoms with E-state index in [9.17, 15) is 0 Å². The van der Waals surface area contributed by atoms with E-state index in [2.05, 4.69) is 15.1 Å². The number of rotatable bonds is 6. The van der Waals surface area contributed by atoms with Crippen LogP contribution in [0.1, 0.15) is 19.3 Å². The topological polar surface area (TPSA) is 48.0 Å². The molecule has 0 saturated carbocycles. The van der Waals surface area contributed by atoms with Gasteiger partial charge in [-0.1, -0.05) is 0 Å². The molecule has 2 N–H and O–H groups in total. The fraction of sp³-hybridized carbons (Fsp3) is 1.00. The first-order valence-electron chi connectivity index (χ1n) is 8.06. The van der Waals surface area contributed by atoms with E-state index >= 15 is 0 Å². The minimum absolute atomic E-state index is 0.275. The van der Waals surface area contributed by atoms with Crippen molar-refractivity contribution in [3.63, 3.8) is 0 Å². The van der Waals surface area contributed by atoms with Crippen molar-refractivity contribution in [3.05, 3.63) is 0 Å². The van der Waals surface area contributed by atoms with Crippen LogP contribution in [0.3, 0.4) is 0 Å². The van der Waals surface area contributed by atoms with Crippen molar-refractivity contribution in [2.24, 2.45) is 5.41 Å². The van der Waals surface area contributed by atoms with Crippen molar-refractivity contribution in [3.8, 4) is 0 Å². The van der Waals surface area contributed by atoms with Crippen molar-refractivity contribution in [1.29, 1.82) is 0 Å². The third kappa shape index (κ3) is 4.67. The highest BCUT2D eigenvalue weighted by molar-refractivity contribution is 4.87. The van der Waals surface area contributed by atoms with E-state index in [-0.39, 0.29) is 6.61 Å². The monoisotopic (exact) mass is 285 g/mol. The fourth-order valence-electron chi connectivity index (χ4n) is 3.63. The Hall–Kier alpha value is -0.200. The molecule has 20 heavy (non-hydrogen) atoms. The van der Waals surface area contributed by atoms with Crippen molar-refractivity contribution in [2.75, 3.05) is 72.7 Å². The summed E-state index contributed by atoms with van der Waals surface area (Å²) in [5.74, 6) is 0. The van der Waals surface area contributed by atoms with Gasteiger partial charge in [-0.05, 0) is 39.4 Å². The zero-order valence-corrected chi connectivity index (χ0v) is 12.9. The predicted molar refractivity (Wildman–Crippen MR) is 81.0 cm³/mol. The van der Waals surface area contributed by atoms with E-state index in [1.165, 1.54) is 25.8 Å². The van der Waals surface area contributed by atoms with Crippen LogP contribution in [0.4, 0.5) is 0 Å². The zero-order chi connectivity index (χ0) is 14.3. The molecule has 2 aliphatic rings. The van der Waals surface area contributed by atoms with E-state index < -0.39 is 0 Å². The van der Waals surface area contributed by atoms with Crippen LogP contribution in [0.25, 0.3) is 0 Å². The summed E-state index contributed by atoms with van der Waals surface area (Å²) >= 11 is 0. The maximum absolute atomic E-state index is 9.07. The Morgan fingerprint density at radius 2 is 1.95 bits per heavy atom. The second-order valence-corrected chi connectivity index (χ2v) is 6.38. The van der Waals surface area contributed by atoms with Gasteiger partial charge < -0.3 is 20.1 Å². The number of β-amino-alcohol motifs (C(OH)–C–C–N with tert-alkyl or cyclic N) is 1. The molecule has 0 radical (unpaired) electrons. The van der Waals surface area contributed by atoms with Gasteiger partial charge in [0.05, 0.1) is 13.2 Å². The molecule has 2 heterocycles. The van der Waals surface area contributed by atoms with Gasteiger partial charge in [0.15, 0.2) is 0 Å². The number of aliphatic hydroxyl groups is 1. The normalized spacial score (nSPS) is 30.3. The smallest absolute Gasteiger partial charge is 0.0558 e. The Bertz CT molecular complexity index is 264. The lowest BCUT2D eigenvalue weighted by Crippen LogP contribution is -2.49. The first-order valence-corrected chi connectivity index (χ1v) is 8.06. The lowest BCUT2D eigenvalue weighted by atomic mass is 9.81. The largest absolute Gasteiger partial charge is 0.395 e. The van der Waals surface area contributed by atoms with Crippen LogP contribution < -0.4 is 5.32 Å². The van der Waals surface area contributed by atoms with E-state index in [0.717, 1.165) is 52.5 Å². The van der Waals surface area contributed by atoms with Crippen LogP contribution in [0.5, 0.6) is 0 Å². The number of nitrogens with zero attached hydrogens (tertiary/aromatic N) is 2. The fourth-order valence-corrected chi connectivity index (χ4v) is 3.63. The van der Waals surface area contributed by atoms with Gasteiger partial charge in [-0.25, -0.2) is 0 Å². The van der Waals surface area contributed by atoms with Crippen LogP contribution in [0.2, 0.25) is 0 Å². The van der Waals surface area contributed by atoms with E-state index in [1.807, 2.05) is 7.05 Å². The number of hydrogen-bond donors (Lipinski definition) is 2. The maximum Gasteiger partial charge on any atom is 0.0558 e. The quantitative estimate of drug-likeness (QED) is 0.719. The number of ether oxygens (including phenoxy) is 1. The average molecular weight is 285 g/mol. The summed E-state index contributed by atoms with van der Waals surface area (Å²) in [4.78, 5) is 4.98. The summed E-state index contributed by atoms with van der Waals surface area (Å²) in [6.07, 6.45) is 3.66. The summed E-state index contributed by atoms with van der Waals surface area (Å²) in [6.45, 7) is 9.59. The maximum atomic E-state index is 9.07. The molecule has 0 spiro atoms. The number of nitrogens with one attached hydrogen (secondary N) is 1. The van der Waals surface area contributed by atoms with Gasteiger partial charge in [-0.3, -0.25) is 4.90 Å². The third-order valence-corrected chi connectivity index (χ3v) is 4.61. The minimum atomic E-state index is 0.275. The van der Waals surface area contributed by atoms with E-state index in [1.54, 1.807) is 0 Å². The Morgan fingerprint density at radius 3 is 2.65 bits per heavy atom. The van der Waals surface area contributed by atoms with Crippen LogP contribution in [-0.4, -0.2) is 87.6 Å². The minimum Gasteiger partial charge on any atom is -0.395 e. The Labute approximate surface area is 123 Å². The van der Waals surface area contributed by atoms with E-state index in [0.29, 0.717) is 5.41 Å². The van der Waals surface area contributed by atoms with Crippen LogP contribution in [0.15, 0.2) is 0 Å². The predicted octanol–water partition coefficient (Wildman–Crippen LogP) is 0.00260. The van der Waals surface area contributed by atoms with Crippen molar-refractivity contribution in [2.45, 2.75) is 19.3 Å². The molecular weight excluding hydrogens is 254 g/mol. The first kappa shape index (κ1) is 16.2. The molecule has 0 aliphatic carbocycles. The molecule has 2 saturated heterocycles. The van der Waals surface area contributed by atoms with Crippen LogP contribution >= 0.6 is 0 Å². The summed E-state index contributed by atoms with van der Waals surface area (Å²) in [7, 11) is 2.04. The molecule has 118 valence electrons. The first-order chi connectivity index (χ1) is 9.78. The zero-order valence-electron chi connectivity index (χ0n) is 12.9. The molecule has 0 bridgehead atoms. The van der Waals surface area contributed by atoms with Gasteiger partial charge in [0, 0.05) is 44.7 Å². The van der Waals surface area contributed by atoms with Crippen molar-refractivity contribution in [1.82, 2.24) is 15.1 Å². The second-order valence-electron chi connectivity index (χ2n) is 6.38. The van der Waals surface area contributed by atoms with Gasteiger partial charge in [-0.2, -0.15) is 0 Å². The Kier molecular flexibility index (Phi) is 6.71. The van der Waals surface area contributed by atoms with Gasteiger partial charge in [-0.15, -0.1) is 0 Å². The summed E-state index contributed by atoms with van der Waals surface area (Å²) < 4.78 is 5.76. The second kappa shape index (κ2) is 8.29. The lowest BCUT2D eigenvalue weighted by molar-refractivity contribution is -0.0248. The highest BCUT2D eigenvalue weighted by atomic mass is 16.5. The highest BCUT2D eigenvalue weighted by Crippen LogP contribution is 2.29. The summed E-state index contributed by atoms with van der Waals surface area (Å²) in [5.41, 5.74) is 0.291. The average Bonchev–Trinajstić information content (AvgIpc) is 2.66. The standard InChI is InChI=1S/C15H31N3O2/c1-16-12-15(4-2-11-20-14-15)13-18-6-3-5-17(7-8-18)9-10-19/h16,19H,2-14H2,1H3. The number of aliphatic hydroxyl groups excluding tert-OH is 1. The summed E-state index contributed by atoms with van der Waals surface area (Å²) in [5, 5.41) is 12.4. The molecular formula is C15H31N3O2. The molecule has 2 fully saturated rings. The molecule has 2 aliphatic heterocycles.